The highest BCUT2D eigenvalue weighted by Gasteiger charge is 2.32. The lowest BCUT2D eigenvalue weighted by Crippen LogP contribution is -2.32. The Hall–Kier alpha value is -3.57. The van der Waals surface area contributed by atoms with Gasteiger partial charge in [-0.25, -0.2) is 13.1 Å². The van der Waals surface area contributed by atoms with Gasteiger partial charge in [0.25, 0.3) is 5.91 Å². The van der Waals surface area contributed by atoms with Crippen LogP contribution in [0.2, 0.25) is 0 Å². The minimum absolute atomic E-state index is 0.168. The summed E-state index contributed by atoms with van der Waals surface area (Å²) in [5.74, 6) is -0.168. The van der Waals surface area contributed by atoms with E-state index in [1.54, 1.807) is 33.9 Å². The molecule has 3 aromatic carbocycles. The molecule has 0 N–H and O–H groups in total. The molecular weight excluding hydrogens is 585 g/mol. The normalized spacial score (nSPS) is 14.8. The number of amides is 1. The molecule has 1 saturated heterocycles. The molecule has 0 atom stereocenters. The van der Waals surface area contributed by atoms with E-state index in [4.69, 9.17) is 17.3 Å². The lowest BCUT2D eigenvalue weighted by atomic mass is 10.1. The molecule has 1 amide bonds. The number of thiocarbonyl (C=S) groups is 1. The fourth-order valence-corrected chi connectivity index (χ4v) is 7.69. The third kappa shape index (κ3) is 6.42. The summed E-state index contributed by atoms with van der Waals surface area (Å²) in [7, 11) is -3.69. The van der Waals surface area contributed by atoms with Gasteiger partial charge in [-0.05, 0) is 48.7 Å². The Balaban J connectivity index is 1.55. The van der Waals surface area contributed by atoms with Crippen LogP contribution in [0.25, 0.3) is 23.0 Å². The maximum absolute atomic E-state index is 13.6. The Morgan fingerprint density at radius 1 is 0.929 bits per heavy atom. The molecule has 1 fully saturated rings. The van der Waals surface area contributed by atoms with E-state index in [-0.39, 0.29) is 10.8 Å². The topological polar surface area (TPSA) is 75.5 Å². The first-order valence-electron chi connectivity index (χ1n) is 13.9. The van der Waals surface area contributed by atoms with Gasteiger partial charge in [-0.1, -0.05) is 98.5 Å². The van der Waals surface area contributed by atoms with Gasteiger partial charge >= 0.3 is 0 Å². The molecule has 1 aliphatic rings. The maximum Gasteiger partial charge on any atom is 0.266 e. The second kappa shape index (κ2) is 13.2. The largest absolute Gasteiger partial charge is 0.288 e. The molecule has 5 rings (SSSR count). The van der Waals surface area contributed by atoms with Crippen LogP contribution in [0.3, 0.4) is 0 Å². The molecule has 42 heavy (non-hydrogen) atoms. The van der Waals surface area contributed by atoms with E-state index in [9.17, 15) is 13.2 Å². The summed E-state index contributed by atoms with van der Waals surface area (Å²) < 4.78 is 30.9. The van der Waals surface area contributed by atoms with Gasteiger partial charge in [0.15, 0.2) is 0 Å². The molecule has 0 aliphatic carbocycles. The summed E-state index contributed by atoms with van der Waals surface area (Å²) in [6, 6.07) is 26.3. The van der Waals surface area contributed by atoms with Crippen molar-refractivity contribution in [2.75, 3.05) is 13.1 Å². The zero-order valence-electron chi connectivity index (χ0n) is 23.5. The number of hydrogen-bond acceptors (Lipinski definition) is 6. The standard InChI is InChI=1S/C32H32N4O3S3/c1-3-18-34(19-4-2)42(38,39)28-17-11-14-25(20-28)30-26(23-36(33-30)27-15-9-6-10-16-27)21-29-31(37)35(32(40)41-29)22-24-12-7-5-8-13-24/h5-17,20-21,23H,3-4,18-19,22H2,1-2H3/b29-21-. The minimum atomic E-state index is -3.69. The zero-order valence-corrected chi connectivity index (χ0v) is 26.0. The van der Waals surface area contributed by atoms with Gasteiger partial charge in [0, 0.05) is 30.4 Å². The lowest BCUT2D eigenvalue weighted by Gasteiger charge is -2.21. The van der Waals surface area contributed by atoms with Gasteiger partial charge in [-0.2, -0.15) is 9.40 Å². The van der Waals surface area contributed by atoms with E-state index < -0.39 is 10.0 Å². The molecule has 1 aliphatic heterocycles. The fourth-order valence-electron chi connectivity index (χ4n) is 4.78. The quantitative estimate of drug-likeness (QED) is 0.137. The Labute approximate surface area is 256 Å². The van der Waals surface area contributed by atoms with Crippen LogP contribution < -0.4 is 0 Å². The third-order valence-electron chi connectivity index (χ3n) is 6.80. The van der Waals surface area contributed by atoms with Crippen molar-refractivity contribution in [3.63, 3.8) is 0 Å². The summed E-state index contributed by atoms with van der Waals surface area (Å²) in [5, 5.41) is 4.86. The SMILES string of the molecule is CCCN(CCC)S(=O)(=O)c1cccc(-c2nn(-c3ccccc3)cc2/C=C2\SC(=S)N(Cc3ccccc3)C2=O)c1. The van der Waals surface area contributed by atoms with Gasteiger partial charge in [-0.15, -0.1) is 0 Å². The van der Waals surface area contributed by atoms with Gasteiger partial charge in [0.1, 0.15) is 10.0 Å². The summed E-state index contributed by atoms with van der Waals surface area (Å²) in [6.07, 6.45) is 5.11. The van der Waals surface area contributed by atoms with Crippen molar-refractivity contribution in [1.29, 1.82) is 0 Å². The monoisotopic (exact) mass is 616 g/mol. The Morgan fingerprint density at radius 3 is 2.26 bits per heavy atom. The van der Waals surface area contributed by atoms with Crippen LogP contribution in [-0.4, -0.2) is 50.7 Å². The molecule has 0 saturated carbocycles. The van der Waals surface area contributed by atoms with Crippen LogP contribution in [-0.2, 0) is 21.4 Å². The van der Waals surface area contributed by atoms with Crippen LogP contribution in [0.4, 0.5) is 0 Å². The zero-order chi connectivity index (χ0) is 29.7. The number of sulfonamides is 1. The number of thioether (sulfide) groups is 1. The maximum atomic E-state index is 13.6. The molecule has 0 unspecified atom stereocenters. The highest BCUT2D eigenvalue weighted by atomic mass is 32.2. The number of benzene rings is 3. The van der Waals surface area contributed by atoms with Crippen LogP contribution in [0.1, 0.15) is 37.8 Å². The smallest absolute Gasteiger partial charge is 0.266 e. The Kier molecular flexibility index (Phi) is 9.37. The summed E-state index contributed by atoms with van der Waals surface area (Å²) in [5.41, 5.74) is 3.74. The second-order valence-electron chi connectivity index (χ2n) is 9.90. The van der Waals surface area contributed by atoms with Crippen LogP contribution in [0.5, 0.6) is 0 Å². The summed E-state index contributed by atoms with van der Waals surface area (Å²) in [6.45, 7) is 5.25. The van der Waals surface area contributed by atoms with Crippen molar-refractivity contribution in [1.82, 2.24) is 19.0 Å². The van der Waals surface area contributed by atoms with Crippen molar-refractivity contribution in [2.24, 2.45) is 0 Å². The number of para-hydroxylation sites is 1. The minimum Gasteiger partial charge on any atom is -0.288 e. The molecular formula is C32H32N4O3S3. The first-order chi connectivity index (χ1) is 20.3. The van der Waals surface area contributed by atoms with Gasteiger partial charge in [0.2, 0.25) is 10.0 Å². The first-order valence-corrected chi connectivity index (χ1v) is 16.5. The summed E-state index contributed by atoms with van der Waals surface area (Å²) >= 11 is 6.83. The van der Waals surface area contributed by atoms with Gasteiger partial charge in [0.05, 0.1) is 22.0 Å². The van der Waals surface area contributed by atoms with Crippen molar-refractivity contribution in [3.8, 4) is 16.9 Å². The van der Waals surface area contributed by atoms with E-state index in [2.05, 4.69) is 0 Å². The second-order valence-corrected chi connectivity index (χ2v) is 13.5. The third-order valence-corrected chi connectivity index (χ3v) is 10.1. The van der Waals surface area contributed by atoms with E-state index in [1.165, 1.54) is 16.1 Å². The number of hydrogen-bond donors (Lipinski definition) is 0. The molecule has 0 bridgehead atoms. The van der Waals surface area contributed by atoms with E-state index in [0.29, 0.717) is 45.7 Å². The van der Waals surface area contributed by atoms with Crippen LogP contribution >= 0.6 is 24.0 Å². The Morgan fingerprint density at radius 2 is 1.60 bits per heavy atom. The van der Waals surface area contributed by atoms with Crippen molar-refractivity contribution >= 4 is 50.3 Å². The Bertz CT molecular complexity index is 1710. The molecule has 7 nitrogen and oxygen atoms in total. The van der Waals surface area contributed by atoms with E-state index in [0.717, 1.165) is 24.1 Å². The molecule has 0 radical (unpaired) electrons. The van der Waals surface area contributed by atoms with Crippen LogP contribution in [0, 0.1) is 0 Å². The number of carbonyl (C=O) groups is 1. The van der Waals surface area contributed by atoms with Crippen molar-refractivity contribution in [3.05, 3.63) is 107 Å². The van der Waals surface area contributed by atoms with E-state index >= 15 is 0 Å². The predicted molar refractivity (Wildman–Crippen MR) is 173 cm³/mol. The fraction of sp³-hybridized carbons (Fsp3) is 0.219. The number of carbonyl (C=O) groups excluding carboxylic acids is 1. The number of nitrogens with zero attached hydrogens (tertiary/aromatic N) is 4. The number of rotatable bonds is 11. The average Bonchev–Trinajstić information content (AvgIpc) is 3.54. The van der Waals surface area contributed by atoms with Crippen molar-refractivity contribution in [2.45, 2.75) is 38.1 Å². The molecule has 1 aromatic heterocycles. The molecule has 4 aromatic rings. The highest BCUT2D eigenvalue weighted by Crippen LogP contribution is 2.36. The molecule has 2 heterocycles. The summed E-state index contributed by atoms with van der Waals surface area (Å²) in [4.78, 5) is 15.8. The lowest BCUT2D eigenvalue weighted by molar-refractivity contribution is -0.122. The van der Waals surface area contributed by atoms with Crippen LogP contribution in [0.15, 0.2) is 101 Å². The molecule has 10 heteroatoms. The average molecular weight is 617 g/mol. The molecule has 216 valence electrons. The number of aromatic nitrogens is 2. The van der Waals surface area contributed by atoms with Gasteiger partial charge < -0.3 is 0 Å². The van der Waals surface area contributed by atoms with Crippen molar-refractivity contribution < 1.29 is 13.2 Å². The van der Waals surface area contributed by atoms with Gasteiger partial charge in [-0.3, -0.25) is 9.69 Å². The first kappa shape index (κ1) is 29.9. The highest BCUT2D eigenvalue weighted by molar-refractivity contribution is 8.26. The molecule has 0 spiro atoms. The predicted octanol–water partition coefficient (Wildman–Crippen LogP) is 6.75. The van der Waals surface area contributed by atoms with E-state index in [1.807, 2.05) is 86.8 Å².